The predicted molar refractivity (Wildman–Crippen MR) is 155 cm³/mol. The van der Waals surface area contributed by atoms with Gasteiger partial charge in [0.25, 0.3) is 0 Å². The molecule has 4 atom stereocenters. The second-order valence-corrected chi connectivity index (χ2v) is 14.0. The van der Waals surface area contributed by atoms with Crippen molar-refractivity contribution in [2.24, 2.45) is 0 Å². The molecule has 2 aromatic rings. The zero-order valence-corrected chi connectivity index (χ0v) is 24.9. The number of halogens is 1. The Morgan fingerprint density at radius 1 is 1.23 bits per heavy atom. The molecule has 3 fully saturated rings. The highest BCUT2D eigenvalue weighted by molar-refractivity contribution is 7.89. The molecule has 1 amide bonds. The number of hydrogen-bond donors (Lipinski definition) is 2. The topological polar surface area (TPSA) is 103 Å². The smallest absolute Gasteiger partial charge is 0.246 e. The van der Waals surface area contributed by atoms with E-state index in [4.69, 9.17) is 5.10 Å². The average molecular weight is 576 g/mol. The summed E-state index contributed by atoms with van der Waals surface area (Å²) in [5.74, 6) is -0.224. The van der Waals surface area contributed by atoms with Crippen LogP contribution < -0.4 is 14.9 Å². The van der Waals surface area contributed by atoms with Crippen molar-refractivity contribution in [3.8, 4) is 0 Å². The minimum atomic E-state index is -3.78. The fraction of sp³-hybridized carbons (Fsp3) is 0.643. The maximum Gasteiger partial charge on any atom is 0.246 e. The Labute approximate surface area is 236 Å². The molecule has 220 valence electrons. The second-order valence-electron chi connectivity index (χ2n) is 12.4. The van der Waals surface area contributed by atoms with Gasteiger partial charge in [-0.2, -0.15) is 5.10 Å². The first-order chi connectivity index (χ1) is 18.9. The first kappa shape index (κ1) is 29.0. The lowest BCUT2D eigenvalue weighted by Crippen LogP contribution is -2.54. The summed E-state index contributed by atoms with van der Waals surface area (Å²) in [4.78, 5) is 18.9. The van der Waals surface area contributed by atoms with Gasteiger partial charge in [0.05, 0.1) is 28.7 Å². The van der Waals surface area contributed by atoms with Crippen molar-refractivity contribution >= 4 is 32.5 Å². The number of sulfonamides is 1. The van der Waals surface area contributed by atoms with E-state index in [1.54, 1.807) is 34.0 Å². The summed E-state index contributed by atoms with van der Waals surface area (Å²) in [6, 6.07) is 3.08. The molecule has 0 unspecified atom stereocenters. The van der Waals surface area contributed by atoms with E-state index in [2.05, 4.69) is 28.8 Å². The first-order valence-electron chi connectivity index (χ1n) is 14.1. The number of rotatable bonds is 9. The summed E-state index contributed by atoms with van der Waals surface area (Å²) in [6.07, 6.45) is 7.09. The molecular formula is C28H42FN7O3S. The molecule has 1 aliphatic carbocycles. The van der Waals surface area contributed by atoms with Crippen LogP contribution in [0.4, 0.5) is 10.1 Å². The molecule has 10 nitrogen and oxygen atoms in total. The number of aromatic nitrogens is 2. The standard InChI is InChI=1S/C28H42FN7O3S/c1-19-16-34(17-20(2)31-19)25-12-23(40(38,39)32-28(3)8-9-28)13-26-24(25)15-30-36(26)22-11-21(14-29)35(18-22)27(37)7-6-10-33(4)5/h6-7,12-13,15,19-22,31-32H,8-11,14,16-18H2,1-5H3/b7-6+/t19-,20-,21-,22+/m0/s1. The third kappa shape index (κ3) is 6.05. The van der Waals surface area contributed by atoms with E-state index in [9.17, 15) is 17.6 Å². The number of amides is 1. The summed E-state index contributed by atoms with van der Waals surface area (Å²) in [5, 5.41) is 9.09. The molecule has 1 saturated carbocycles. The van der Waals surface area contributed by atoms with Gasteiger partial charge in [0.15, 0.2) is 0 Å². The third-order valence-corrected chi connectivity index (χ3v) is 9.81. The molecule has 2 aliphatic heterocycles. The molecule has 40 heavy (non-hydrogen) atoms. The van der Waals surface area contributed by atoms with Crippen LogP contribution in [0.15, 0.2) is 35.4 Å². The minimum Gasteiger partial charge on any atom is -0.368 e. The number of carbonyl (C=O) groups excluding carboxylic acids is 1. The van der Waals surface area contributed by atoms with E-state index >= 15 is 0 Å². The number of nitrogens with one attached hydrogen (secondary N) is 2. The van der Waals surface area contributed by atoms with Gasteiger partial charge in [-0.25, -0.2) is 17.5 Å². The number of fused-ring (bicyclic) bond motifs is 1. The molecule has 1 aromatic carbocycles. The lowest BCUT2D eigenvalue weighted by molar-refractivity contribution is -0.127. The highest BCUT2D eigenvalue weighted by atomic mass is 32.2. The molecule has 0 radical (unpaired) electrons. The summed E-state index contributed by atoms with van der Waals surface area (Å²) in [6.45, 7) is 7.89. The average Bonchev–Trinajstić information content (AvgIpc) is 3.26. The molecule has 0 bridgehead atoms. The molecule has 2 saturated heterocycles. The molecular weight excluding hydrogens is 533 g/mol. The van der Waals surface area contributed by atoms with Crippen LogP contribution in [0, 0.1) is 0 Å². The lowest BCUT2D eigenvalue weighted by atomic mass is 10.1. The molecule has 3 aliphatic rings. The first-order valence-corrected chi connectivity index (χ1v) is 15.6. The number of piperazine rings is 1. The highest BCUT2D eigenvalue weighted by Crippen LogP contribution is 2.39. The van der Waals surface area contributed by atoms with Crippen LogP contribution in [0.5, 0.6) is 0 Å². The zero-order chi connectivity index (χ0) is 28.8. The summed E-state index contributed by atoms with van der Waals surface area (Å²) in [5.41, 5.74) is 1.09. The van der Waals surface area contributed by atoms with Gasteiger partial charge < -0.3 is 20.0 Å². The van der Waals surface area contributed by atoms with Crippen LogP contribution in [0.3, 0.4) is 0 Å². The van der Waals surface area contributed by atoms with Gasteiger partial charge in [0.1, 0.15) is 6.67 Å². The van der Waals surface area contributed by atoms with Gasteiger partial charge in [-0.05, 0) is 66.3 Å². The summed E-state index contributed by atoms with van der Waals surface area (Å²) in [7, 11) is 0.0496. The Balaban J connectivity index is 1.53. The van der Waals surface area contributed by atoms with Gasteiger partial charge in [0, 0.05) is 61.0 Å². The number of anilines is 1. The Morgan fingerprint density at radius 2 is 1.93 bits per heavy atom. The molecule has 0 spiro atoms. The maximum absolute atomic E-state index is 14.1. The molecule has 5 rings (SSSR count). The monoisotopic (exact) mass is 575 g/mol. The highest BCUT2D eigenvalue weighted by Gasteiger charge is 2.42. The third-order valence-electron chi connectivity index (χ3n) is 8.19. The fourth-order valence-electron chi connectivity index (χ4n) is 5.95. The van der Waals surface area contributed by atoms with Crippen molar-refractivity contribution in [2.45, 2.75) is 74.6 Å². The van der Waals surface area contributed by atoms with Crippen molar-refractivity contribution in [2.75, 3.05) is 51.8 Å². The predicted octanol–water partition coefficient (Wildman–Crippen LogP) is 2.28. The lowest BCUT2D eigenvalue weighted by Gasteiger charge is -2.38. The van der Waals surface area contributed by atoms with Crippen LogP contribution in [0.2, 0.25) is 0 Å². The number of alkyl halides is 1. The van der Waals surface area contributed by atoms with Crippen LogP contribution in [-0.4, -0.2) is 105 Å². The zero-order valence-electron chi connectivity index (χ0n) is 24.1. The van der Waals surface area contributed by atoms with Gasteiger partial charge in [-0.3, -0.25) is 9.48 Å². The van der Waals surface area contributed by atoms with Crippen LogP contribution >= 0.6 is 0 Å². The molecule has 1 aromatic heterocycles. The number of likely N-dealkylation sites (tertiary alicyclic amines) is 1. The Bertz CT molecular complexity index is 1380. The van der Waals surface area contributed by atoms with Crippen molar-refractivity contribution < 1.29 is 17.6 Å². The molecule has 3 heterocycles. The van der Waals surface area contributed by atoms with Crippen molar-refractivity contribution in [3.63, 3.8) is 0 Å². The van der Waals surface area contributed by atoms with E-state index < -0.39 is 28.3 Å². The summed E-state index contributed by atoms with van der Waals surface area (Å²) < 4.78 is 45.9. The van der Waals surface area contributed by atoms with E-state index in [1.807, 2.05) is 25.9 Å². The van der Waals surface area contributed by atoms with Crippen LogP contribution in [0.25, 0.3) is 10.9 Å². The largest absolute Gasteiger partial charge is 0.368 e. The fourth-order valence-corrected chi connectivity index (χ4v) is 7.46. The normalized spacial score (nSPS) is 26.9. The number of hydrogen-bond acceptors (Lipinski definition) is 7. The minimum absolute atomic E-state index is 0.198. The van der Waals surface area contributed by atoms with E-state index in [-0.39, 0.29) is 28.9 Å². The summed E-state index contributed by atoms with van der Waals surface area (Å²) >= 11 is 0. The Morgan fingerprint density at radius 3 is 2.55 bits per heavy atom. The van der Waals surface area contributed by atoms with Gasteiger partial charge in [-0.1, -0.05) is 6.08 Å². The van der Waals surface area contributed by atoms with Crippen LogP contribution in [-0.2, 0) is 14.8 Å². The molecule has 12 heteroatoms. The molecule has 2 N–H and O–H groups in total. The number of likely N-dealkylation sites (N-methyl/N-ethyl adjacent to an activating group) is 1. The van der Waals surface area contributed by atoms with Gasteiger partial charge >= 0.3 is 0 Å². The quantitative estimate of drug-likeness (QED) is 0.443. The number of carbonyl (C=O) groups is 1. The Hall–Kier alpha value is -2.54. The maximum atomic E-state index is 14.1. The van der Waals surface area contributed by atoms with Gasteiger partial charge in [-0.15, -0.1) is 0 Å². The number of benzene rings is 1. The van der Waals surface area contributed by atoms with E-state index in [1.165, 1.54) is 6.08 Å². The van der Waals surface area contributed by atoms with E-state index in [0.717, 1.165) is 37.0 Å². The van der Waals surface area contributed by atoms with Gasteiger partial charge in [0.2, 0.25) is 15.9 Å². The van der Waals surface area contributed by atoms with E-state index in [0.29, 0.717) is 25.0 Å². The second kappa shape index (κ2) is 11.0. The Kier molecular flexibility index (Phi) is 7.99. The SMILES string of the molecule is C[C@H]1CN(c2cc(S(=O)(=O)NC3(C)CC3)cc3c2cnn3[C@@H]2C[C@@H](CF)N(C(=O)/C=C/CN(C)C)C2)C[C@H](C)N1. The van der Waals surface area contributed by atoms with Crippen molar-refractivity contribution in [3.05, 3.63) is 30.5 Å². The van der Waals surface area contributed by atoms with Crippen LogP contribution in [0.1, 0.15) is 46.1 Å². The van der Waals surface area contributed by atoms with Crippen molar-refractivity contribution in [1.29, 1.82) is 0 Å². The van der Waals surface area contributed by atoms with Crippen molar-refractivity contribution in [1.82, 2.24) is 29.6 Å². The number of nitrogens with zero attached hydrogens (tertiary/aromatic N) is 5.